The first kappa shape index (κ1) is 9.00. The number of aliphatic hydroxyl groups is 1. The predicted molar refractivity (Wildman–Crippen MR) is 52.7 cm³/mol. The largest absolute Gasteiger partial charge is 0.395 e. The second-order valence-electron chi connectivity index (χ2n) is 3.35. The summed E-state index contributed by atoms with van der Waals surface area (Å²) >= 11 is 5.88. The molecule has 0 radical (unpaired) electrons. The highest BCUT2D eigenvalue weighted by Crippen LogP contribution is 2.24. The number of halogens is 1. The first-order valence-electron chi connectivity index (χ1n) is 4.40. The van der Waals surface area contributed by atoms with Gasteiger partial charge in [0.1, 0.15) is 0 Å². The molecule has 1 N–H and O–H groups in total. The van der Waals surface area contributed by atoms with Gasteiger partial charge in [-0.1, -0.05) is 17.7 Å². The van der Waals surface area contributed by atoms with Crippen molar-refractivity contribution in [1.82, 2.24) is 4.90 Å². The minimum absolute atomic E-state index is 0.224. The Morgan fingerprint density at radius 1 is 1.31 bits per heavy atom. The molecule has 0 unspecified atom stereocenters. The van der Waals surface area contributed by atoms with E-state index in [2.05, 4.69) is 11.0 Å². The lowest BCUT2D eigenvalue weighted by molar-refractivity contribution is 0.198. The Bertz CT molecular complexity index is 314. The number of β-amino-alcohol motifs (C(OH)–C–C–N with tert-alkyl or cyclic N) is 1. The molecule has 1 aliphatic heterocycles. The van der Waals surface area contributed by atoms with Crippen LogP contribution >= 0.6 is 11.6 Å². The van der Waals surface area contributed by atoms with Crippen LogP contribution in [0.3, 0.4) is 0 Å². The SMILES string of the molecule is OCCN1Cc2ccc(Cl)cc2C1. The minimum Gasteiger partial charge on any atom is -0.395 e. The van der Waals surface area contributed by atoms with Gasteiger partial charge in [0, 0.05) is 24.7 Å². The monoisotopic (exact) mass is 197 g/mol. The van der Waals surface area contributed by atoms with Crippen LogP contribution in [0.4, 0.5) is 0 Å². The number of hydrogen-bond acceptors (Lipinski definition) is 2. The van der Waals surface area contributed by atoms with E-state index in [1.165, 1.54) is 11.1 Å². The topological polar surface area (TPSA) is 23.5 Å². The van der Waals surface area contributed by atoms with Crippen molar-refractivity contribution < 1.29 is 5.11 Å². The van der Waals surface area contributed by atoms with Crippen LogP contribution in [0, 0.1) is 0 Å². The maximum atomic E-state index is 8.79. The van der Waals surface area contributed by atoms with E-state index < -0.39 is 0 Å². The van der Waals surface area contributed by atoms with Crippen LogP contribution in [0.15, 0.2) is 18.2 Å². The number of benzene rings is 1. The third-order valence-corrected chi connectivity index (χ3v) is 2.61. The summed E-state index contributed by atoms with van der Waals surface area (Å²) in [6, 6.07) is 5.99. The van der Waals surface area contributed by atoms with Gasteiger partial charge in [-0.3, -0.25) is 4.90 Å². The molecular formula is C10H12ClNO. The molecule has 2 nitrogen and oxygen atoms in total. The Morgan fingerprint density at radius 2 is 2.08 bits per heavy atom. The molecule has 0 bridgehead atoms. The number of rotatable bonds is 2. The van der Waals surface area contributed by atoms with Crippen LogP contribution in [0.2, 0.25) is 5.02 Å². The molecule has 1 aromatic rings. The van der Waals surface area contributed by atoms with Crippen molar-refractivity contribution in [3.8, 4) is 0 Å². The van der Waals surface area contributed by atoms with E-state index in [1.807, 2.05) is 12.1 Å². The summed E-state index contributed by atoms with van der Waals surface area (Å²) in [6.07, 6.45) is 0. The molecule has 0 saturated heterocycles. The highest BCUT2D eigenvalue weighted by atomic mass is 35.5. The van der Waals surface area contributed by atoms with Gasteiger partial charge in [-0.2, -0.15) is 0 Å². The summed E-state index contributed by atoms with van der Waals surface area (Å²) in [4.78, 5) is 2.21. The fraction of sp³-hybridized carbons (Fsp3) is 0.400. The zero-order valence-electron chi connectivity index (χ0n) is 7.33. The summed E-state index contributed by atoms with van der Waals surface area (Å²) < 4.78 is 0. The van der Waals surface area contributed by atoms with Gasteiger partial charge < -0.3 is 5.11 Å². The predicted octanol–water partition coefficient (Wildman–Crippen LogP) is 1.65. The van der Waals surface area contributed by atoms with Crippen LogP contribution in [-0.4, -0.2) is 23.2 Å². The van der Waals surface area contributed by atoms with Crippen molar-refractivity contribution in [1.29, 1.82) is 0 Å². The molecule has 0 fully saturated rings. The molecule has 70 valence electrons. The van der Waals surface area contributed by atoms with Crippen LogP contribution in [0.25, 0.3) is 0 Å². The quantitative estimate of drug-likeness (QED) is 0.780. The Morgan fingerprint density at radius 3 is 2.85 bits per heavy atom. The molecule has 0 aromatic heterocycles. The van der Waals surface area contributed by atoms with Crippen molar-refractivity contribution in [3.05, 3.63) is 34.3 Å². The van der Waals surface area contributed by atoms with E-state index in [0.29, 0.717) is 0 Å². The highest BCUT2D eigenvalue weighted by Gasteiger charge is 2.17. The van der Waals surface area contributed by atoms with Gasteiger partial charge in [0.05, 0.1) is 6.61 Å². The van der Waals surface area contributed by atoms with Crippen molar-refractivity contribution in [2.24, 2.45) is 0 Å². The molecule has 0 atom stereocenters. The molecule has 2 rings (SSSR count). The molecule has 1 heterocycles. The van der Waals surface area contributed by atoms with Gasteiger partial charge in [0.2, 0.25) is 0 Å². The second kappa shape index (κ2) is 3.66. The first-order valence-corrected chi connectivity index (χ1v) is 4.78. The molecule has 0 saturated carbocycles. The zero-order chi connectivity index (χ0) is 9.26. The summed E-state index contributed by atoms with van der Waals surface area (Å²) in [6.45, 7) is 2.82. The summed E-state index contributed by atoms with van der Waals surface area (Å²) in [5.41, 5.74) is 2.62. The van der Waals surface area contributed by atoms with Crippen molar-refractivity contribution >= 4 is 11.6 Å². The minimum atomic E-state index is 0.224. The fourth-order valence-electron chi connectivity index (χ4n) is 1.73. The number of nitrogens with zero attached hydrogens (tertiary/aromatic N) is 1. The van der Waals surface area contributed by atoms with Gasteiger partial charge in [-0.25, -0.2) is 0 Å². The lowest BCUT2D eigenvalue weighted by Gasteiger charge is -2.11. The molecular weight excluding hydrogens is 186 g/mol. The van der Waals surface area contributed by atoms with E-state index in [1.54, 1.807) is 0 Å². The number of hydrogen-bond donors (Lipinski definition) is 1. The Kier molecular flexibility index (Phi) is 2.54. The number of fused-ring (bicyclic) bond motifs is 1. The van der Waals surface area contributed by atoms with Crippen LogP contribution in [-0.2, 0) is 13.1 Å². The van der Waals surface area contributed by atoms with Gasteiger partial charge in [0.25, 0.3) is 0 Å². The third-order valence-electron chi connectivity index (χ3n) is 2.37. The Balaban J connectivity index is 2.16. The van der Waals surface area contributed by atoms with Gasteiger partial charge in [-0.05, 0) is 23.3 Å². The molecule has 13 heavy (non-hydrogen) atoms. The van der Waals surface area contributed by atoms with E-state index >= 15 is 0 Å². The average molecular weight is 198 g/mol. The Labute approximate surface area is 82.7 Å². The Hall–Kier alpha value is -0.570. The van der Waals surface area contributed by atoms with Crippen molar-refractivity contribution in [3.63, 3.8) is 0 Å². The standard InChI is InChI=1S/C10H12ClNO/c11-10-2-1-8-6-12(3-4-13)7-9(8)5-10/h1-2,5,13H,3-4,6-7H2. The molecule has 0 aliphatic carbocycles. The van der Waals surface area contributed by atoms with E-state index in [0.717, 1.165) is 24.7 Å². The van der Waals surface area contributed by atoms with Gasteiger partial charge in [-0.15, -0.1) is 0 Å². The summed E-state index contributed by atoms with van der Waals surface area (Å²) in [5, 5.41) is 9.59. The van der Waals surface area contributed by atoms with Gasteiger partial charge in [0.15, 0.2) is 0 Å². The van der Waals surface area contributed by atoms with Crippen LogP contribution in [0.1, 0.15) is 11.1 Å². The molecule has 0 amide bonds. The normalized spacial score (nSPS) is 16.2. The molecule has 1 aliphatic rings. The van der Waals surface area contributed by atoms with Crippen molar-refractivity contribution in [2.45, 2.75) is 13.1 Å². The van der Waals surface area contributed by atoms with E-state index in [4.69, 9.17) is 16.7 Å². The molecule has 3 heteroatoms. The molecule has 0 spiro atoms. The van der Waals surface area contributed by atoms with E-state index in [9.17, 15) is 0 Å². The fourth-order valence-corrected chi connectivity index (χ4v) is 1.93. The highest BCUT2D eigenvalue weighted by molar-refractivity contribution is 6.30. The zero-order valence-corrected chi connectivity index (χ0v) is 8.09. The maximum Gasteiger partial charge on any atom is 0.0558 e. The second-order valence-corrected chi connectivity index (χ2v) is 3.78. The summed E-state index contributed by atoms with van der Waals surface area (Å²) in [7, 11) is 0. The van der Waals surface area contributed by atoms with E-state index in [-0.39, 0.29) is 6.61 Å². The third kappa shape index (κ3) is 1.85. The average Bonchev–Trinajstić information content (AvgIpc) is 2.46. The molecule has 1 aromatic carbocycles. The number of aliphatic hydroxyl groups excluding tert-OH is 1. The lowest BCUT2D eigenvalue weighted by Crippen LogP contribution is -2.20. The maximum absolute atomic E-state index is 8.79. The summed E-state index contributed by atoms with van der Waals surface area (Å²) in [5.74, 6) is 0. The van der Waals surface area contributed by atoms with Crippen molar-refractivity contribution in [2.75, 3.05) is 13.2 Å². The lowest BCUT2D eigenvalue weighted by atomic mass is 10.1. The first-order chi connectivity index (χ1) is 6.29. The van der Waals surface area contributed by atoms with Gasteiger partial charge >= 0.3 is 0 Å². The smallest absolute Gasteiger partial charge is 0.0558 e. The van der Waals surface area contributed by atoms with Crippen LogP contribution in [0.5, 0.6) is 0 Å². The van der Waals surface area contributed by atoms with Crippen LogP contribution < -0.4 is 0 Å².